The lowest BCUT2D eigenvalue weighted by Gasteiger charge is -2.11. The summed E-state index contributed by atoms with van der Waals surface area (Å²) in [5.41, 5.74) is 10.9. The van der Waals surface area contributed by atoms with Crippen molar-refractivity contribution in [3.05, 3.63) is 188 Å². The largest absolute Gasteiger partial charge is 0.309 e. The zero-order valence-electron chi connectivity index (χ0n) is 31.6. The average Bonchev–Trinajstić information content (AvgIpc) is 4.09. The van der Waals surface area contributed by atoms with Gasteiger partial charge in [-0.25, -0.2) is 0 Å². The predicted molar refractivity (Wildman–Crippen MR) is 255 cm³/mol. The second-order valence-electron chi connectivity index (χ2n) is 15.7. The molecule has 0 amide bonds. The van der Waals surface area contributed by atoms with E-state index in [-0.39, 0.29) is 0 Å². The van der Waals surface area contributed by atoms with Crippen LogP contribution in [0, 0.1) is 0 Å². The van der Waals surface area contributed by atoms with Gasteiger partial charge in [0.15, 0.2) is 0 Å². The molecule has 0 aliphatic carbocycles. The zero-order chi connectivity index (χ0) is 38.3. The summed E-state index contributed by atoms with van der Waals surface area (Å²) in [7, 11) is 0. The maximum Gasteiger partial charge on any atom is 0.0555 e. The van der Waals surface area contributed by atoms with Crippen LogP contribution in [0.5, 0.6) is 0 Å². The summed E-state index contributed by atoms with van der Waals surface area (Å²) in [4.78, 5) is 0. The fraction of sp³-hybridized carbons (Fsp3) is 0. The Morgan fingerprint density at radius 2 is 0.661 bits per heavy atom. The summed E-state index contributed by atoms with van der Waals surface area (Å²) in [6.45, 7) is 0. The van der Waals surface area contributed by atoms with Crippen molar-refractivity contribution >= 4 is 128 Å². The molecule has 14 aromatic rings. The van der Waals surface area contributed by atoms with Crippen molar-refractivity contribution in [2.75, 3.05) is 0 Å². The molecule has 274 valence electrons. The molecule has 0 atom stereocenters. The molecule has 0 spiro atoms. The van der Waals surface area contributed by atoms with Gasteiger partial charge in [-0.1, -0.05) is 97.1 Å². The molecule has 5 heteroatoms. The first-order chi connectivity index (χ1) is 29.3. The molecule has 0 unspecified atom stereocenters. The Morgan fingerprint density at radius 3 is 1.31 bits per heavy atom. The van der Waals surface area contributed by atoms with Crippen molar-refractivity contribution in [2.24, 2.45) is 0 Å². The number of rotatable bonds is 3. The van der Waals surface area contributed by atoms with Crippen molar-refractivity contribution in [1.29, 1.82) is 0 Å². The van der Waals surface area contributed by atoms with E-state index in [9.17, 15) is 0 Å². The Morgan fingerprint density at radius 1 is 0.254 bits per heavy atom. The van der Waals surface area contributed by atoms with Crippen LogP contribution in [0.2, 0.25) is 0 Å². The van der Waals surface area contributed by atoms with Gasteiger partial charge >= 0.3 is 0 Å². The van der Waals surface area contributed by atoms with Crippen LogP contribution in [0.15, 0.2) is 188 Å². The number of hydrogen-bond acceptors (Lipinski definition) is 2. The van der Waals surface area contributed by atoms with Crippen LogP contribution in [0.1, 0.15) is 0 Å². The Labute approximate surface area is 345 Å². The third kappa shape index (κ3) is 4.30. The van der Waals surface area contributed by atoms with E-state index in [0.29, 0.717) is 0 Å². The number of hydrogen-bond donors (Lipinski definition) is 0. The maximum absolute atomic E-state index is 2.48. The number of fused-ring (bicyclic) bond motifs is 16. The van der Waals surface area contributed by atoms with Gasteiger partial charge in [-0.3, -0.25) is 0 Å². The standard InChI is InChI=1S/C54H31N3S2/c1-6-16-44-35(11-1)36-12-2-7-17-45(36)55(44)34-23-28-52-43(31-34)39-24-26-49-53(54(39)59-52)40-15-4-9-19-47(40)57(49)32-21-25-48-41(29-32)37-13-3-8-18-46(37)56(48)33-22-27-51-42(30-33)38-14-5-10-20-50(38)58-51/h1-31H. The average molecular weight is 786 g/mol. The van der Waals surface area contributed by atoms with Crippen LogP contribution < -0.4 is 0 Å². The Hall–Kier alpha value is -7.18. The molecule has 0 radical (unpaired) electrons. The summed E-state index contributed by atoms with van der Waals surface area (Å²) in [6, 6.07) is 69.8. The fourth-order valence-corrected chi connectivity index (χ4v) is 12.4. The molecule has 0 N–H and O–H groups in total. The lowest BCUT2D eigenvalue weighted by atomic mass is 10.1. The first kappa shape index (κ1) is 31.9. The van der Waals surface area contributed by atoms with Crippen LogP contribution in [-0.2, 0) is 0 Å². The molecule has 5 heterocycles. The number of para-hydroxylation sites is 4. The van der Waals surface area contributed by atoms with Crippen molar-refractivity contribution in [3.8, 4) is 17.1 Å². The monoisotopic (exact) mass is 785 g/mol. The van der Waals surface area contributed by atoms with E-state index in [1.807, 2.05) is 22.7 Å². The number of aromatic nitrogens is 3. The summed E-state index contributed by atoms with van der Waals surface area (Å²) in [5, 5.41) is 12.9. The SMILES string of the molecule is c1ccc2c(c1)sc1ccc(-n3c4ccccc4c4cc(-n5c6ccccc6c6c7sc8ccc(-n9c%10ccccc%10c%10ccccc%109)cc8c7ccc65)ccc43)cc12. The normalized spacial score (nSPS) is 12.4. The molecule has 0 aliphatic heterocycles. The van der Waals surface area contributed by atoms with Gasteiger partial charge in [0, 0.05) is 89.7 Å². The molecule has 0 aliphatic rings. The molecule has 59 heavy (non-hydrogen) atoms. The Bertz CT molecular complexity index is 4040. The molecule has 9 aromatic carbocycles. The van der Waals surface area contributed by atoms with E-state index in [1.54, 1.807) is 0 Å². The number of thiophene rings is 2. The zero-order valence-corrected chi connectivity index (χ0v) is 33.2. The minimum absolute atomic E-state index is 1.17. The molecule has 0 bridgehead atoms. The molecule has 5 aromatic heterocycles. The number of benzene rings is 9. The van der Waals surface area contributed by atoms with Gasteiger partial charge in [-0.2, -0.15) is 0 Å². The highest BCUT2D eigenvalue weighted by Gasteiger charge is 2.21. The molecule has 0 fully saturated rings. The first-order valence-electron chi connectivity index (χ1n) is 20.1. The summed E-state index contributed by atoms with van der Waals surface area (Å²) in [6.07, 6.45) is 0. The van der Waals surface area contributed by atoms with Gasteiger partial charge in [0.05, 0.1) is 33.1 Å². The Kier molecular flexibility index (Phi) is 6.32. The molecule has 0 saturated heterocycles. The quantitative estimate of drug-likeness (QED) is 0.169. The van der Waals surface area contributed by atoms with Crippen molar-refractivity contribution < 1.29 is 0 Å². The van der Waals surface area contributed by atoms with E-state index < -0.39 is 0 Å². The van der Waals surface area contributed by atoms with Gasteiger partial charge in [0.2, 0.25) is 0 Å². The highest BCUT2D eigenvalue weighted by Crippen LogP contribution is 2.45. The predicted octanol–water partition coefficient (Wildman–Crippen LogP) is 15.7. The lowest BCUT2D eigenvalue weighted by Crippen LogP contribution is -1.95. The Balaban J connectivity index is 0.980. The van der Waals surface area contributed by atoms with Crippen LogP contribution in [0.4, 0.5) is 0 Å². The molecule has 3 nitrogen and oxygen atoms in total. The van der Waals surface area contributed by atoms with Crippen LogP contribution in [0.25, 0.3) is 123 Å². The van der Waals surface area contributed by atoms with Gasteiger partial charge < -0.3 is 13.7 Å². The van der Waals surface area contributed by atoms with Crippen LogP contribution in [0.3, 0.4) is 0 Å². The van der Waals surface area contributed by atoms with Gasteiger partial charge in [0.1, 0.15) is 0 Å². The van der Waals surface area contributed by atoms with Crippen molar-refractivity contribution in [1.82, 2.24) is 13.7 Å². The van der Waals surface area contributed by atoms with E-state index in [4.69, 9.17) is 0 Å². The van der Waals surface area contributed by atoms with Crippen molar-refractivity contribution in [2.45, 2.75) is 0 Å². The highest BCUT2D eigenvalue weighted by molar-refractivity contribution is 7.27. The minimum atomic E-state index is 1.17. The minimum Gasteiger partial charge on any atom is -0.309 e. The van der Waals surface area contributed by atoms with Crippen LogP contribution in [-0.4, -0.2) is 13.7 Å². The van der Waals surface area contributed by atoms with Crippen molar-refractivity contribution in [3.63, 3.8) is 0 Å². The van der Waals surface area contributed by atoms with Gasteiger partial charge in [0.25, 0.3) is 0 Å². The van der Waals surface area contributed by atoms with Gasteiger partial charge in [-0.05, 0) is 91.0 Å². The smallest absolute Gasteiger partial charge is 0.0555 e. The van der Waals surface area contributed by atoms with Gasteiger partial charge in [-0.15, -0.1) is 22.7 Å². The summed E-state index contributed by atoms with van der Waals surface area (Å²) >= 11 is 3.78. The maximum atomic E-state index is 2.48. The van der Waals surface area contributed by atoms with E-state index >= 15 is 0 Å². The molecular weight excluding hydrogens is 755 g/mol. The van der Waals surface area contributed by atoms with E-state index in [1.165, 1.54) is 123 Å². The second-order valence-corrected chi connectivity index (χ2v) is 17.8. The topological polar surface area (TPSA) is 14.8 Å². The molecule has 14 rings (SSSR count). The second kappa shape index (κ2) is 11.7. The third-order valence-electron chi connectivity index (χ3n) is 12.6. The molecule has 0 saturated carbocycles. The highest BCUT2D eigenvalue weighted by atomic mass is 32.1. The summed E-state index contributed by atoms with van der Waals surface area (Å²) < 4.78 is 12.6. The molecular formula is C54H31N3S2. The van der Waals surface area contributed by atoms with E-state index in [2.05, 4.69) is 202 Å². The summed E-state index contributed by atoms with van der Waals surface area (Å²) in [5.74, 6) is 0. The number of nitrogens with zero attached hydrogens (tertiary/aromatic N) is 3. The third-order valence-corrected chi connectivity index (χ3v) is 15.0. The van der Waals surface area contributed by atoms with Crippen LogP contribution >= 0.6 is 22.7 Å². The lowest BCUT2D eigenvalue weighted by molar-refractivity contribution is 1.17. The van der Waals surface area contributed by atoms with E-state index in [0.717, 1.165) is 0 Å². The first-order valence-corrected chi connectivity index (χ1v) is 21.7. The fourth-order valence-electron chi connectivity index (χ4n) is 10.1.